The van der Waals surface area contributed by atoms with Gasteiger partial charge >= 0.3 is 0 Å². The summed E-state index contributed by atoms with van der Waals surface area (Å²) < 4.78 is 5.74. The zero-order valence-corrected chi connectivity index (χ0v) is 13.8. The summed E-state index contributed by atoms with van der Waals surface area (Å²) in [6.45, 7) is 3.82. The number of fused-ring (bicyclic) bond motifs is 5. The van der Waals surface area contributed by atoms with Gasteiger partial charge in [0.1, 0.15) is 5.00 Å². The van der Waals surface area contributed by atoms with Crippen LogP contribution >= 0.6 is 11.3 Å². The molecule has 2 N–H and O–H groups in total. The highest BCUT2D eigenvalue weighted by atomic mass is 32.1. The highest BCUT2D eigenvalue weighted by Gasteiger charge is 2.63. The van der Waals surface area contributed by atoms with Crippen LogP contribution in [0.3, 0.4) is 0 Å². The number of thiophene rings is 1. The lowest BCUT2D eigenvalue weighted by Crippen LogP contribution is -2.35. The lowest BCUT2D eigenvalue weighted by Gasteiger charge is -2.17. The molecule has 3 amide bonds. The molecule has 1 aromatic rings. The van der Waals surface area contributed by atoms with E-state index in [1.807, 2.05) is 13.8 Å². The Morgan fingerprint density at radius 3 is 2.30 bits per heavy atom. The fraction of sp³-hybridized carbons (Fsp3) is 0.562. The topological polar surface area (TPSA) is 89.7 Å². The first kappa shape index (κ1) is 14.8. The van der Waals surface area contributed by atoms with Gasteiger partial charge in [0.25, 0.3) is 5.91 Å². The van der Waals surface area contributed by atoms with E-state index in [0.29, 0.717) is 17.0 Å². The monoisotopic (exact) mass is 334 g/mol. The molecule has 4 atom stereocenters. The minimum Gasteiger partial charge on any atom is -0.373 e. The third kappa shape index (κ3) is 1.80. The lowest BCUT2D eigenvalue weighted by molar-refractivity contribution is -0.124. The van der Waals surface area contributed by atoms with Gasteiger partial charge in [0.2, 0.25) is 11.8 Å². The van der Waals surface area contributed by atoms with Crippen LogP contribution in [0, 0.1) is 18.8 Å². The molecule has 7 heteroatoms. The summed E-state index contributed by atoms with van der Waals surface area (Å²) in [5, 5.41) is 0.399. The minimum atomic E-state index is -0.585. The molecule has 3 aliphatic heterocycles. The predicted octanol–water partition coefficient (Wildman–Crippen LogP) is 1.38. The molecule has 122 valence electrons. The fourth-order valence-corrected chi connectivity index (χ4v) is 5.57. The standard InChI is InChI=1S/C16H18N2O4S/c1-3-7-6(2)23-16(10(7)13(17)19)18-14(20)11-8-4-5-9(22-8)12(11)15(18)21/h8-9,11-12H,3-5H2,1-2H3,(H2,17,19). The average Bonchev–Trinajstić information content (AvgIpc) is 3.22. The highest BCUT2D eigenvalue weighted by Crippen LogP contribution is 2.51. The van der Waals surface area contributed by atoms with Gasteiger partial charge in [-0.25, -0.2) is 4.90 Å². The van der Waals surface area contributed by atoms with E-state index in [-0.39, 0.29) is 24.0 Å². The van der Waals surface area contributed by atoms with Gasteiger partial charge in [-0.3, -0.25) is 14.4 Å². The normalized spacial score (nSPS) is 32.0. The molecule has 2 bridgehead atoms. The van der Waals surface area contributed by atoms with Crippen molar-refractivity contribution in [3.63, 3.8) is 0 Å². The Bertz CT molecular complexity index is 713. The van der Waals surface area contributed by atoms with Crippen LogP contribution in [0.25, 0.3) is 0 Å². The third-order valence-electron chi connectivity index (χ3n) is 5.28. The second-order valence-electron chi connectivity index (χ2n) is 6.39. The van der Waals surface area contributed by atoms with Crippen LogP contribution < -0.4 is 10.6 Å². The number of nitrogens with zero attached hydrogens (tertiary/aromatic N) is 1. The average molecular weight is 334 g/mol. The summed E-state index contributed by atoms with van der Waals surface area (Å²) >= 11 is 1.30. The van der Waals surface area contributed by atoms with Crippen LogP contribution in [0.2, 0.25) is 0 Å². The highest BCUT2D eigenvalue weighted by molar-refractivity contribution is 7.17. The van der Waals surface area contributed by atoms with Crippen LogP contribution in [0.1, 0.15) is 40.6 Å². The number of anilines is 1. The van der Waals surface area contributed by atoms with Gasteiger partial charge in [-0.2, -0.15) is 0 Å². The SMILES string of the molecule is CCc1c(C)sc(N2C(=O)C3C4CCC(O4)C3C2=O)c1C(N)=O. The predicted molar refractivity (Wildman–Crippen MR) is 84.3 cm³/mol. The molecule has 0 aromatic carbocycles. The Morgan fingerprint density at radius 2 is 1.83 bits per heavy atom. The first-order valence-corrected chi connectivity index (χ1v) is 8.72. The van der Waals surface area contributed by atoms with Crippen LogP contribution in [0.4, 0.5) is 5.00 Å². The molecule has 0 aliphatic carbocycles. The summed E-state index contributed by atoms with van der Waals surface area (Å²) in [4.78, 5) is 39.8. The van der Waals surface area contributed by atoms with Gasteiger partial charge in [-0.05, 0) is 31.7 Å². The van der Waals surface area contributed by atoms with Gasteiger partial charge in [0, 0.05) is 4.88 Å². The maximum absolute atomic E-state index is 12.9. The molecule has 3 saturated heterocycles. The van der Waals surface area contributed by atoms with Crippen molar-refractivity contribution in [3.05, 3.63) is 16.0 Å². The number of primary amides is 1. The molecule has 3 fully saturated rings. The number of carbonyl (C=O) groups is 3. The second-order valence-corrected chi connectivity index (χ2v) is 7.59. The Morgan fingerprint density at radius 1 is 1.26 bits per heavy atom. The zero-order chi connectivity index (χ0) is 16.5. The molecule has 0 spiro atoms. The molecule has 3 aliphatic rings. The molecular formula is C16H18N2O4S. The number of rotatable bonds is 3. The first-order chi connectivity index (χ1) is 11.0. The van der Waals surface area contributed by atoms with Crippen molar-refractivity contribution in [2.45, 2.75) is 45.3 Å². The number of imide groups is 1. The second kappa shape index (κ2) is 4.88. The Balaban J connectivity index is 1.82. The van der Waals surface area contributed by atoms with Crippen molar-refractivity contribution < 1.29 is 19.1 Å². The van der Waals surface area contributed by atoms with Crippen molar-refractivity contribution in [2.75, 3.05) is 4.90 Å². The minimum absolute atomic E-state index is 0.157. The number of nitrogens with two attached hydrogens (primary N) is 1. The Labute approximate surface area is 137 Å². The van der Waals surface area contributed by atoms with Crippen LogP contribution in [-0.4, -0.2) is 29.9 Å². The molecule has 0 saturated carbocycles. The number of carbonyl (C=O) groups excluding carboxylic acids is 3. The lowest BCUT2D eigenvalue weighted by atomic mass is 9.81. The molecule has 4 rings (SSSR count). The molecule has 4 heterocycles. The number of ether oxygens (including phenoxy) is 1. The van der Waals surface area contributed by atoms with E-state index in [9.17, 15) is 14.4 Å². The van der Waals surface area contributed by atoms with Crippen molar-refractivity contribution in [1.82, 2.24) is 0 Å². The van der Waals surface area contributed by atoms with Crippen molar-refractivity contribution in [3.8, 4) is 0 Å². The van der Waals surface area contributed by atoms with Crippen molar-refractivity contribution in [2.24, 2.45) is 17.6 Å². The summed E-state index contributed by atoms with van der Waals surface area (Å²) in [5.74, 6) is -1.85. The van der Waals surface area contributed by atoms with Gasteiger partial charge in [0.15, 0.2) is 0 Å². The Kier molecular flexibility index (Phi) is 3.15. The summed E-state index contributed by atoms with van der Waals surface area (Å²) in [6.07, 6.45) is 1.97. The molecular weight excluding hydrogens is 316 g/mol. The summed E-state index contributed by atoms with van der Waals surface area (Å²) in [6, 6.07) is 0. The number of aryl methyl sites for hydroxylation is 1. The van der Waals surface area contributed by atoms with Gasteiger partial charge in [0.05, 0.1) is 29.6 Å². The van der Waals surface area contributed by atoms with Gasteiger partial charge < -0.3 is 10.5 Å². The van der Waals surface area contributed by atoms with Gasteiger partial charge in [-0.15, -0.1) is 11.3 Å². The summed E-state index contributed by atoms with van der Waals surface area (Å²) in [5.41, 5.74) is 6.69. The largest absolute Gasteiger partial charge is 0.373 e. The smallest absolute Gasteiger partial charge is 0.252 e. The molecule has 1 aromatic heterocycles. The Hall–Kier alpha value is -1.73. The molecule has 4 unspecified atom stereocenters. The van der Waals surface area contributed by atoms with Gasteiger partial charge in [-0.1, -0.05) is 6.92 Å². The molecule has 6 nitrogen and oxygen atoms in total. The van der Waals surface area contributed by atoms with Crippen molar-refractivity contribution in [1.29, 1.82) is 0 Å². The van der Waals surface area contributed by atoms with Crippen molar-refractivity contribution >= 4 is 34.1 Å². The van der Waals surface area contributed by atoms with Crippen LogP contribution in [0.15, 0.2) is 0 Å². The van der Waals surface area contributed by atoms with E-state index in [0.717, 1.165) is 23.3 Å². The van der Waals surface area contributed by atoms with E-state index in [2.05, 4.69) is 0 Å². The van der Waals surface area contributed by atoms with E-state index >= 15 is 0 Å². The quantitative estimate of drug-likeness (QED) is 0.846. The molecule has 0 radical (unpaired) electrons. The number of amides is 3. The third-order valence-corrected chi connectivity index (χ3v) is 6.41. The maximum atomic E-state index is 12.9. The van der Waals surface area contributed by atoms with E-state index < -0.39 is 17.7 Å². The van der Waals surface area contributed by atoms with Crippen LogP contribution in [-0.2, 0) is 20.7 Å². The van der Waals surface area contributed by atoms with E-state index in [4.69, 9.17) is 10.5 Å². The fourth-order valence-electron chi connectivity index (χ4n) is 4.31. The van der Waals surface area contributed by atoms with E-state index in [1.54, 1.807) is 0 Å². The summed E-state index contributed by atoms with van der Waals surface area (Å²) in [7, 11) is 0. The number of hydrogen-bond acceptors (Lipinski definition) is 5. The van der Waals surface area contributed by atoms with E-state index in [1.165, 1.54) is 16.2 Å². The van der Waals surface area contributed by atoms with Crippen LogP contribution in [0.5, 0.6) is 0 Å². The zero-order valence-electron chi connectivity index (χ0n) is 13.0. The molecule has 23 heavy (non-hydrogen) atoms. The first-order valence-electron chi connectivity index (χ1n) is 7.91. The maximum Gasteiger partial charge on any atom is 0.252 e. The number of hydrogen-bond donors (Lipinski definition) is 1.